The van der Waals surface area contributed by atoms with E-state index in [1.165, 1.54) is 17.4 Å². The van der Waals surface area contributed by atoms with E-state index in [0.29, 0.717) is 20.6 Å². The average Bonchev–Trinajstić information content (AvgIpc) is 3.53. The number of rotatable bonds is 8. The molecule has 1 amide bonds. The number of amides is 1. The van der Waals surface area contributed by atoms with Crippen LogP contribution in [0.1, 0.15) is 15.2 Å². The van der Waals surface area contributed by atoms with Gasteiger partial charge in [0.1, 0.15) is 0 Å². The Labute approximate surface area is 228 Å². The molecule has 5 rings (SSSR count). The van der Waals surface area contributed by atoms with Crippen molar-refractivity contribution < 1.29 is 4.79 Å². The molecular formula is C27H24ClN7O2S. The van der Waals surface area contributed by atoms with Gasteiger partial charge < -0.3 is 16.1 Å². The van der Waals surface area contributed by atoms with Crippen molar-refractivity contribution in [3.05, 3.63) is 123 Å². The Morgan fingerprint density at radius 3 is 2.76 bits per heavy atom. The lowest BCUT2D eigenvalue weighted by atomic mass is 10.2. The zero-order valence-electron chi connectivity index (χ0n) is 20.4. The van der Waals surface area contributed by atoms with E-state index in [0.717, 1.165) is 22.6 Å². The number of anilines is 2. The Balaban J connectivity index is 1.44. The molecule has 0 saturated heterocycles. The summed E-state index contributed by atoms with van der Waals surface area (Å²) in [5.41, 5.74) is 7.59. The van der Waals surface area contributed by atoms with Crippen LogP contribution in [0.25, 0.3) is 11.4 Å². The molecule has 1 aromatic carbocycles. The van der Waals surface area contributed by atoms with E-state index in [2.05, 4.69) is 27.6 Å². The van der Waals surface area contributed by atoms with Gasteiger partial charge in [-0.05, 0) is 48.5 Å². The molecule has 3 aromatic heterocycles. The molecule has 0 bridgehead atoms. The molecule has 11 heteroatoms. The molecular weight excluding hydrogens is 522 g/mol. The molecule has 0 radical (unpaired) electrons. The van der Waals surface area contributed by atoms with Crippen molar-refractivity contribution >= 4 is 45.9 Å². The van der Waals surface area contributed by atoms with Crippen molar-refractivity contribution in [1.82, 2.24) is 25.4 Å². The van der Waals surface area contributed by atoms with E-state index >= 15 is 0 Å². The van der Waals surface area contributed by atoms with Crippen LogP contribution >= 0.6 is 22.9 Å². The second kappa shape index (κ2) is 10.9. The summed E-state index contributed by atoms with van der Waals surface area (Å²) in [4.78, 5) is 29.7. The second-order valence-corrected chi connectivity index (χ2v) is 10.1. The summed E-state index contributed by atoms with van der Waals surface area (Å²) in [5, 5.41) is 9.99. The van der Waals surface area contributed by atoms with Crippen LogP contribution in [0.5, 0.6) is 0 Å². The van der Waals surface area contributed by atoms with Crippen LogP contribution in [0.15, 0.2) is 103 Å². The van der Waals surface area contributed by atoms with Crippen molar-refractivity contribution in [3.63, 3.8) is 0 Å². The van der Waals surface area contributed by atoms with Crippen LogP contribution in [-0.4, -0.2) is 34.2 Å². The van der Waals surface area contributed by atoms with Crippen molar-refractivity contribution in [3.8, 4) is 5.69 Å². The number of nitrogens with one attached hydrogen (secondary N) is 3. The summed E-state index contributed by atoms with van der Waals surface area (Å²) >= 11 is 7.18. The zero-order valence-corrected chi connectivity index (χ0v) is 22.0. The maximum Gasteiger partial charge on any atom is 0.261 e. The van der Waals surface area contributed by atoms with Gasteiger partial charge in [0.15, 0.2) is 0 Å². The highest BCUT2D eigenvalue weighted by Crippen LogP contribution is 2.33. The SMILES string of the molecule is C=C(Nc1cc(-n2ccccc2=O)ccc1N1C=C(CNC(=O)c2ccc(Cl)s2)NN1C)c1cccnc1. The molecule has 0 atom stereocenters. The van der Waals surface area contributed by atoms with E-state index in [-0.39, 0.29) is 18.0 Å². The van der Waals surface area contributed by atoms with E-state index in [9.17, 15) is 9.59 Å². The van der Waals surface area contributed by atoms with E-state index < -0.39 is 0 Å². The maximum atomic E-state index is 12.5. The summed E-state index contributed by atoms with van der Waals surface area (Å²) < 4.78 is 2.13. The number of nitrogens with zero attached hydrogens (tertiary/aromatic N) is 4. The molecule has 4 heterocycles. The van der Waals surface area contributed by atoms with Crippen molar-refractivity contribution in [2.75, 3.05) is 23.9 Å². The number of carbonyl (C=O) groups is 1. The minimum atomic E-state index is -0.196. The van der Waals surface area contributed by atoms with Gasteiger partial charge in [-0.15, -0.1) is 16.5 Å². The monoisotopic (exact) mass is 545 g/mol. The topological polar surface area (TPSA) is 94.5 Å². The second-order valence-electron chi connectivity index (χ2n) is 8.38. The maximum absolute atomic E-state index is 12.5. The smallest absolute Gasteiger partial charge is 0.261 e. The molecule has 9 nitrogen and oxygen atoms in total. The fraction of sp³-hybridized carbons (Fsp3) is 0.0741. The number of pyridine rings is 2. The molecule has 0 spiro atoms. The molecule has 3 N–H and O–H groups in total. The van der Waals surface area contributed by atoms with Gasteiger partial charge >= 0.3 is 0 Å². The number of hydrogen-bond donors (Lipinski definition) is 3. The van der Waals surface area contributed by atoms with Gasteiger partial charge in [-0.25, -0.2) is 0 Å². The first-order valence-electron chi connectivity index (χ1n) is 11.6. The Morgan fingerprint density at radius 1 is 1.16 bits per heavy atom. The van der Waals surface area contributed by atoms with E-state index in [1.807, 2.05) is 54.7 Å². The van der Waals surface area contributed by atoms with Crippen LogP contribution in [0.3, 0.4) is 0 Å². The lowest BCUT2D eigenvalue weighted by Gasteiger charge is -2.28. The number of aromatic nitrogens is 2. The first kappa shape index (κ1) is 25.3. The van der Waals surface area contributed by atoms with Crippen LogP contribution in [0, 0.1) is 0 Å². The predicted molar refractivity (Wildman–Crippen MR) is 152 cm³/mol. The molecule has 1 aliphatic heterocycles. The molecule has 0 unspecified atom stereocenters. The molecule has 0 fully saturated rings. The van der Waals surface area contributed by atoms with Gasteiger partial charge in [0, 0.05) is 49.2 Å². The number of halogens is 1. The quantitative estimate of drug-likeness (QED) is 0.301. The number of thiophene rings is 1. The van der Waals surface area contributed by atoms with Gasteiger partial charge in [-0.2, -0.15) is 0 Å². The number of hydrazine groups is 2. The number of carbonyl (C=O) groups excluding carboxylic acids is 1. The van der Waals surface area contributed by atoms with Crippen LogP contribution in [0.2, 0.25) is 4.34 Å². The zero-order chi connectivity index (χ0) is 26.6. The van der Waals surface area contributed by atoms with E-state index in [1.54, 1.807) is 46.5 Å². The lowest BCUT2D eigenvalue weighted by Crippen LogP contribution is -2.40. The molecule has 38 heavy (non-hydrogen) atoms. The average molecular weight is 546 g/mol. The Bertz CT molecular complexity index is 1580. The van der Waals surface area contributed by atoms with Gasteiger partial charge in [-0.1, -0.05) is 24.2 Å². The summed E-state index contributed by atoms with van der Waals surface area (Å²) in [5.74, 6) is -0.196. The van der Waals surface area contributed by atoms with Crippen molar-refractivity contribution in [2.45, 2.75) is 0 Å². The Kier molecular flexibility index (Phi) is 7.27. The minimum absolute atomic E-state index is 0.137. The van der Waals surface area contributed by atoms with Crippen LogP contribution in [0.4, 0.5) is 11.4 Å². The molecule has 192 valence electrons. The highest BCUT2D eigenvalue weighted by Gasteiger charge is 2.23. The Hall–Kier alpha value is -4.38. The highest BCUT2D eigenvalue weighted by molar-refractivity contribution is 7.18. The van der Waals surface area contributed by atoms with Crippen LogP contribution in [-0.2, 0) is 0 Å². The largest absolute Gasteiger partial charge is 0.354 e. The van der Waals surface area contributed by atoms with Gasteiger partial charge in [-0.3, -0.25) is 24.1 Å². The molecule has 0 aliphatic carbocycles. The number of hydrogen-bond acceptors (Lipinski definition) is 8. The van der Waals surface area contributed by atoms with Crippen molar-refractivity contribution in [2.24, 2.45) is 0 Å². The number of benzene rings is 1. The first-order chi connectivity index (χ1) is 18.4. The van der Waals surface area contributed by atoms with Gasteiger partial charge in [0.2, 0.25) is 0 Å². The predicted octanol–water partition coefficient (Wildman–Crippen LogP) is 4.47. The highest BCUT2D eigenvalue weighted by atomic mass is 35.5. The minimum Gasteiger partial charge on any atom is -0.354 e. The molecule has 0 saturated carbocycles. The van der Waals surface area contributed by atoms with Crippen molar-refractivity contribution in [1.29, 1.82) is 0 Å². The standard InChI is InChI=1S/C27H24ClN7O2S/c1-18(19-6-5-12-29-15-19)31-22-14-21(34-13-4-3-7-26(34)36)8-9-23(22)35-17-20(32-33(35)2)16-30-27(37)24-10-11-25(28)38-24/h3-15,17,31-32H,1,16H2,2H3,(H,30,37). The van der Waals surface area contributed by atoms with Gasteiger partial charge in [0.25, 0.3) is 11.5 Å². The molecule has 1 aliphatic rings. The Morgan fingerprint density at radius 2 is 2.03 bits per heavy atom. The first-order valence-corrected chi connectivity index (χ1v) is 12.8. The third-order valence-corrected chi connectivity index (χ3v) is 7.00. The van der Waals surface area contributed by atoms with Gasteiger partial charge in [0.05, 0.1) is 38.5 Å². The normalized spacial score (nSPS) is 13.1. The third-order valence-electron chi connectivity index (χ3n) is 5.77. The lowest BCUT2D eigenvalue weighted by molar-refractivity contribution is 0.0959. The fourth-order valence-electron chi connectivity index (χ4n) is 3.93. The molecule has 4 aromatic rings. The fourth-order valence-corrected chi connectivity index (χ4v) is 4.89. The van der Waals surface area contributed by atoms with Crippen LogP contribution < -0.4 is 26.6 Å². The summed E-state index contributed by atoms with van der Waals surface area (Å²) in [6.07, 6.45) is 7.05. The summed E-state index contributed by atoms with van der Waals surface area (Å²) in [7, 11) is 1.86. The summed E-state index contributed by atoms with van der Waals surface area (Å²) in [6.45, 7) is 4.47. The summed E-state index contributed by atoms with van der Waals surface area (Å²) in [6, 6.07) is 17.9. The third kappa shape index (κ3) is 5.47. The van der Waals surface area contributed by atoms with E-state index in [4.69, 9.17) is 11.6 Å².